The van der Waals surface area contributed by atoms with Crippen LogP contribution in [0.1, 0.15) is 41.5 Å². The van der Waals surface area contributed by atoms with E-state index in [1.807, 2.05) is 0 Å². The van der Waals surface area contributed by atoms with Crippen LogP contribution in [0, 0.1) is 5.41 Å². The van der Waals surface area contributed by atoms with Crippen LogP contribution in [-0.2, 0) is 40.8 Å². The second-order valence-corrected chi connectivity index (χ2v) is 11.9. The summed E-state index contributed by atoms with van der Waals surface area (Å²) in [5, 5.41) is 0. The van der Waals surface area contributed by atoms with Crippen molar-refractivity contribution >= 4 is 23.5 Å². The molecule has 0 bridgehead atoms. The fraction of sp³-hybridized carbons (Fsp3) is 1.00. The minimum Gasteiger partial charge on any atom is -0.756 e. The Bertz CT molecular complexity index is 609. The molecule has 0 radical (unpaired) electrons. The fourth-order valence-corrected chi connectivity index (χ4v) is 3.92. The highest BCUT2D eigenvalue weighted by Gasteiger charge is 2.21. The van der Waals surface area contributed by atoms with Crippen molar-refractivity contribution in [1.82, 2.24) is 0 Å². The molecule has 170 valence electrons. The van der Waals surface area contributed by atoms with Gasteiger partial charge in [0.1, 0.15) is 0 Å². The summed E-state index contributed by atoms with van der Waals surface area (Å²) >= 11 is 0. The first-order valence-electron chi connectivity index (χ1n) is 8.19. The Morgan fingerprint density at radius 2 is 0.929 bits per heavy atom. The van der Waals surface area contributed by atoms with E-state index in [1.165, 1.54) is 20.8 Å². The van der Waals surface area contributed by atoms with Gasteiger partial charge in [-0.1, -0.05) is 20.8 Å². The van der Waals surface area contributed by atoms with Crippen molar-refractivity contribution in [3.63, 3.8) is 0 Å². The third kappa shape index (κ3) is 17.2. The molecular weight excluding hydrogens is 441 g/mol. The van der Waals surface area contributed by atoms with Gasteiger partial charge in [-0.25, -0.2) is 0 Å². The maximum Gasteiger partial charge on any atom is 0.268 e. The van der Waals surface area contributed by atoms with Crippen molar-refractivity contribution in [3.8, 4) is 0 Å². The van der Waals surface area contributed by atoms with Crippen molar-refractivity contribution in [3.05, 3.63) is 0 Å². The summed E-state index contributed by atoms with van der Waals surface area (Å²) in [6, 6.07) is 0. The van der Waals surface area contributed by atoms with E-state index in [9.17, 15) is 28.4 Å². The first-order valence-corrected chi connectivity index (χ1v) is 12.6. The largest absolute Gasteiger partial charge is 0.756 e. The highest BCUT2D eigenvalue weighted by molar-refractivity contribution is 7.46. The predicted molar refractivity (Wildman–Crippen MR) is 92.9 cm³/mol. The van der Waals surface area contributed by atoms with E-state index in [0.29, 0.717) is 0 Å². The first kappa shape index (κ1) is 28.3. The molecule has 3 unspecified atom stereocenters. The van der Waals surface area contributed by atoms with Crippen molar-refractivity contribution < 1.29 is 55.5 Å². The molecule has 0 saturated carbocycles. The van der Waals surface area contributed by atoms with Crippen molar-refractivity contribution in [2.45, 2.75) is 47.1 Å². The summed E-state index contributed by atoms with van der Waals surface area (Å²) in [7, 11) is -14.0. The lowest BCUT2D eigenvalue weighted by Crippen LogP contribution is -2.23. The van der Waals surface area contributed by atoms with Crippen LogP contribution in [0.15, 0.2) is 0 Å². The molecule has 0 aliphatic carbocycles. The van der Waals surface area contributed by atoms with Crippen molar-refractivity contribution in [2.24, 2.45) is 5.41 Å². The molecule has 28 heavy (non-hydrogen) atoms. The number of rotatable bonds is 13. The zero-order valence-corrected chi connectivity index (χ0v) is 19.5. The topological polar surface area (TPSA) is 176 Å². The van der Waals surface area contributed by atoms with Gasteiger partial charge in [-0.15, -0.1) is 0 Å². The smallest absolute Gasteiger partial charge is 0.268 e. The molecular formula is C13H28O12P3-3. The van der Waals surface area contributed by atoms with Gasteiger partial charge in [0.05, 0.1) is 38.6 Å². The van der Waals surface area contributed by atoms with E-state index in [1.54, 1.807) is 20.8 Å². The summed E-state index contributed by atoms with van der Waals surface area (Å²) in [5.41, 5.74) is -1.42. The van der Waals surface area contributed by atoms with Gasteiger partial charge in [0.15, 0.2) is 0 Å². The Morgan fingerprint density at radius 3 is 1.25 bits per heavy atom. The van der Waals surface area contributed by atoms with Gasteiger partial charge in [0.25, 0.3) is 23.5 Å². The molecule has 0 spiro atoms. The molecule has 0 aliphatic heterocycles. The summed E-state index contributed by atoms with van der Waals surface area (Å²) in [6.07, 6.45) is 0. The van der Waals surface area contributed by atoms with E-state index < -0.39 is 60.9 Å². The van der Waals surface area contributed by atoms with Gasteiger partial charge in [0.2, 0.25) is 0 Å². The lowest BCUT2D eigenvalue weighted by atomic mass is 9.99. The lowest BCUT2D eigenvalue weighted by molar-refractivity contribution is -0.239. The fourth-order valence-electron chi connectivity index (χ4n) is 1.31. The highest BCUT2D eigenvalue weighted by atomic mass is 31.2. The molecule has 0 fully saturated rings. The van der Waals surface area contributed by atoms with Gasteiger partial charge in [-0.2, -0.15) is 0 Å². The van der Waals surface area contributed by atoms with Crippen LogP contribution in [0.5, 0.6) is 0 Å². The van der Waals surface area contributed by atoms with Crippen LogP contribution in [0.3, 0.4) is 0 Å². The Kier molecular flexibility index (Phi) is 11.2. The average Bonchev–Trinajstić information content (AvgIpc) is 2.43. The summed E-state index contributed by atoms with van der Waals surface area (Å²) < 4.78 is 61.4. The molecule has 0 heterocycles. The maximum atomic E-state index is 11.5. The van der Waals surface area contributed by atoms with Crippen LogP contribution in [0.4, 0.5) is 0 Å². The maximum absolute atomic E-state index is 11.5. The van der Waals surface area contributed by atoms with E-state index in [2.05, 4.69) is 27.1 Å². The van der Waals surface area contributed by atoms with Crippen LogP contribution in [-0.4, -0.2) is 38.6 Å². The van der Waals surface area contributed by atoms with Gasteiger partial charge < -0.3 is 41.8 Å². The minimum absolute atomic E-state index is 0.111. The first-order chi connectivity index (χ1) is 12.3. The number of phosphoric ester groups is 3. The SMILES string of the molecule is CC(C)(C)COP(=O)([O-])OCCOP(=O)([O-])OCCOP(=O)([O-])OC(C)(C)C. The van der Waals surface area contributed by atoms with E-state index in [0.717, 1.165) is 0 Å². The van der Waals surface area contributed by atoms with Crippen molar-refractivity contribution in [1.29, 1.82) is 0 Å². The third-order valence-electron chi connectivity index (χ3n) is 2.21. The zero-order chi connectivity index (χ0) is 22.3. The van der Waals surface area contributed by atoms with Gasteiger partial charge >= 0.3 is 0 Å². The van der Waals surface area contributed by atoms with Crippen LogP contribution in [0.25, 0.3) is 0 Å². The zero-order valence-electron chi connectivity index (χ0n) is 16.8. The Labute approximate surface area is 165 Å². The van der Waals surface area contributed by atoms with Gasteiger partial charge in [0, 0.05) is 0 Å². The second-order valence-electron chi connectivity index (χ2n) is 7.71. The monoisotopic (exact) mass is 469 g/mol. The Balaban J connectivity index is 4.11. The van der Waals surface area contributed by atoms with E-state index >= 15 is 0 Å². The van der Waals surface area contributed by atoms with Gasteiger partial charge in [-0.05, 0) is 26.2 Å². The molecule has 0 saturated heterocycles. The summed E-state index contributed by atoms with van der Waals surface area (Å²) in [6.45, 7) is 7.09. The quantitative estimate of drug-likeness (QED) is 0.280. The molecule has 0 rings (SSSR count). The molecule has 0 aliphatic rings. The number of phosphoric acid groups is 3. The normalized spacial score (nSPS) is 19.6. The lowest BCUT2D eigenvalue weighted by Gasteiger charge is -2.31. The Morgan fingerprint density at radius 1 is 0.607 bits per heavy atom. The van der Waals surface area contributed by atoms with Gasteiger partial charge in [-0.3, -0.25) is 13.7 Å². The van der Waals surface area contributed by atoms with Crippen LogP contribution < -0.4 is 14.7 Å². The molecule has 0 amide bonds. The van der Waals surface area contributed by atoms with E-state index in [-0.39, 0.29) is 6.61 Å². The molecule has 0 aromatic carbocycles. The van der Waals surface area contributed by atoms with Crippen molar-refractivity contribution in [2.75, 3.05) is 33.0 Å². The summed E-state index contributed by atoms with van der Waals surface area (Å²) in [4.78, 5) is 34.4. The highest BCUT2D eigenvalue weighted by Crippen LogP contribution is 2.44. The summed E-state index contributed by atoms with van der Waals surface area (Å²) in [5.74, 6) is 0. The van der Waals surface area contributed by atoms with Crippen LogP contribution >= 0.6 is 23.5 Å². The predicted octanol–water partition coefficient (Wildman–Crippen LogP) is 1.34. The van der Waals surface area contributed by atoms with E-state index in [4.69, 9.17) is 0 Å². The standard InChI is InChI=1S/C13H31O12P3/c1-12(2,3)11-24-27(16,17)22-8-7-20-26(14,15)21-9-10-23-28(18,19)25-13(4,5)6/h7-11H2,1-6H3,(H,14,15)(H,16,17)(H,18,19)/p-3. The third-order valence-corrected chi connectivity index (χ3v) is 5.42. The average molecular weight is 469 g/mol. The Hall–Kier alpha value is 0.330. The number of hydrogen-bond donors (Lipinski definition) is 0. The molecule has 0 aromatic rings. The molecule has 3 atom stereocenters. The molecule has 12 nitrogen and oxygen atoms in total. The molecule has 0 aromatic heterocycles. The molecule has 15 heteroatoms. The van der Waals surface area contributed by atoms with Crippen LogP contribution in [0.2, 0.25) is 0 Å². The second kappa shape index (κ2) is 11.1. The molecule has 0 N–H and O–H groups in total. The minimum atomic E-state index is -4.81. The number of hydrogen-bond acceptors (Lipinski definition) is 12.